The van der Waals surface area contributed by atoms with Crippen LogP contribution in [0, 0.1) is 17.8 Å². The molecule has 1 aromatic carbocycles. The zero-order valence-electron chi connectivity index (χ0n) is 17.3. The monoisotopic (exact) mass is 411 g/mol. The van der Waals surface area contributed by atoms with Gasteiger partial charge in [-0.2, -0.15) is 13.2 Å². The Morgan fingerprint density at radius 2 is 1.72 bits per heavy atom. The Bertz CT molecular complexity index is 688. The lowest BCUT2D eigenvalue weighted by Gasteiger charge is -2.42. The van der Waals surface area contributed by atoms with E-state index in [0.29, 0.717) is 12.3 Å². The van der Waals surface area contributed by atoms with E-state index in [1.165, 1.54) is 19.3 Å². The molecule has 0 saturated heterocycles. The highest BCUT2D eigenvalue weighted by Gasteiger charge is 2.37. The smallest absolute Gasteiger partial charge is 0.416 e. The van der Waals surface area contributed by atoms with Gasteiger partial charge in [-0.1, -0.05) is 25.5 Å². The zero-order chi connectivity index (χ0) is 21.2. The van der Waals surface area contributed by atoms with Gasteiger partial charge in [0.25, 0.3) is 0 Å². The molecule has 1 N–H and O–H groups in total. The fraction of sp³-hybridized carbons (Fsp3) is 0.696. The van der Waals surface area contributed by atoms with E-state index in [1.54, 1.807) is 12.1 Å². The Kier molecular flexibility index (Phi) is 6.92. The van der Waals surface area contributed by atoms with E-state index in [9.17, 15) is 23.1 Å². The number of halogens is 3. The average molecular weight is 412 g/mol. The maximum absolute atomic E-state index is 13.0. The summed E-state index contributed by atoms with van der Waals surface area (Å²) in [6.45, 7) is 3.30. The molecule has 0 aliphatic heterocycles. The number of benzene rings is 1. The van der Waals surface area contributed by atoms with E-state index in [1.807, 2.05) is 0 Å². The van der Waals surface area contributed by atoms with E-state index in [0.717, 1.165) is 43.0 Å². The van der Waals surface area contributed by atoms with E-state index in [2.05, 4.69) is 18.9 Å². The number of likely N-dealkylation sites (N-methyl/N-ethyl adjacent to an activating group) is 1. The fourth-order valence-corrected chi connectivity index (χ4v) is 5.51. The number of nitrogens with zero attached hydrogens (tertiary/aromatic N) is 1. The third-order valence-corrected chi connectivity index (χ3v) is 6.97. The highest BCUT2D eigenvalue weighted by Crippen LogP contribution is 2.42. The Morgan fingerprint density at radius 1 is 1.07 bits per heavy atom. The molecule has 5 atom stereocenters. The van der Waals surface area contributed by atoms with Gasteiger partial charge >= 0.3 is 12.1 Å². The fourth-order valence-electron chi connectivity index (χ4n) is 5.51. The molecule has 0 spiro atoms. The van der Waals surface area contributed by atoms with Crippen molar-refractivity contribution in [1.29, 1.82) is 0 Å². The zero-order valence-corrected chi connectivity index (χ0v) is 17.3. The van der Waals surface area contributed by atoms with Gasteiger partial charge < -0.3 is 10.0 Å². The van der Waals surface area contributed by atoms with Crippen molar-refractivity contribution in [3.63, 3.8) is 0 Å². The number of hydrogen-bond acceptors (Lipinski definition) is 2. The van der Waals surface area contributed by atoms with Gasteiger partial charge in [0.1, 0.15) is 0 Å². The van der Waals surface area contributed by atoms with E-state index in [4.69, 9.17) is 0 Å². The van der Waals surface area contributed by atoms with Crippen LogP contribution < -0.4 is 0 Å². The third kappa shape index (κ3) is 5.74. The summed E-state index contributed by atoms with van der Waals surface area (Å²) in [6.07, 6.45) is 2.01. The average Bonchev–Trinajstić information content (AvgIpc) is 3.05. The summed E-state index contributed by atoms with van der Waals surface area (Å²) in [5.74, 6) is 0.800. The van der Waals surface area contributed by atoms with Crippen LogP contribution in [0.2, 0.25) is 0 Å². The molecule has 0 heterocycles. The van der Waals surface area contributed by atoms with Gasteiger partial charge in [0.15, 0.2) is 0 Å². The molecule has 3 rings (SSSR count). The van der Waals surface area contributed by atoms with Gasteiger partial charge in [0.05, 0.1) is 5.56 Å². The summed E-state index contributed by atoms with van der Waals surface area (Å²) in [5, 5.41) is 9.20. The Hall–Kier alpha value is -1.56. The molecule has 0 bridgehead atoms. The molecule has 6 heteroatoms. The first-order valence-electron chi connectivity index (χ1n) is 10.7. The van der Waals surface area contributed by atoms with Crippen molar-refractivity contribution in [2.75, 3.05) is 13.6 Å². The summed E-state index contributed by atoms with van der Waals surface area (Å²) in [5.41, 5.74) is 0.258. The second kappa shape index (κ2) is 9.07. The predicted octanol–water partition coefficient (Wildman–Crippen LogP) is 5.80. The number of carbonyl (C=O) groups is 1. The van der Waals surface area contributed by atoms with Gasteiger partial charge in [-0.05, 0) is 80.5 Å². The first kappa shape index (κ1) is 22.1. The topological polar surface area (TPSA) is 40.5 Å². The molecule has 0 unspecified atom stereocenters. The quantitative estimate of drug-likeness (QED) is 0.643. The number of hydrogen-bond donors (Lipinski definition) is 1. The minimum absolute atomic E-state index is 0.0687. The lowest BCUT2D eigenvalue weighted by molar-refractivity contribution is -0.139. The van der Waals surface area contributed by atoms with Crippen LogP contribution >= 0.6 is 0 Å². The minimum atomic E-state index is -4.34. The summed E-state index contributed by atoms with van der Waals surface area (Å²) in [4.78, 5) is 13.6. The van der Waals surface area contributed by atoms with Gasteiger partial charge in [0.2, 0.25) is 0 Å². The van der Waals surface area contributed by atoms with Crippen LogP contribution in [-0.4, -0.2) is 35.6 Å². The normalized spacial score (nSPS) is 30.6. The van der Waals surface area contributed by atoms with Crippen molar-refractivity contribution in [2.45, 2.75) is 70.0 Å². The molecule has 0 aromatic heterocycles. The van der Waals surface area contributed by atoms with Gasteiger partial charge in [-0.25, -0.2) is 0 Å². The number of carboxylic acid groups (broad SMARTS) is 1. The molecule has 2 aliphatic carbocycles. The minimum Gasteiger partial charge on any atom is -0.481 e. The molecule has 2 saturated carbocycles. The standard InChI is InChI=1S/C23H32F3NO2/c1-15-3-4-17(11-15)14-27(2)21-10-5-16(13-22(28)29)12-20(21)18-6-8-19(9-7-18)23(24,25)26/h6-9,15-17,20-21H,3-5,10-14H2,1-2H3,(H,28,29)/t15-,16+,17+,20-,21+/m0/s1. The number of rotatable bonds is 6. The number of alkyl halides is 3. The van der Waals surface area contributed by atoms with Crippen LogP contribution in [0.4, 0.5) is 13.2 Å². The van der Waals surface area contributed by atoms with Crippen LogP contribution in [0.15, 0.2) is 24.3 Å². The molecule has 0 amide bonds. The summed E-state index contributed by atoms with van der Waals surface area (Å²) in [6, 6.07) is 5.75. The molecule has 162 valence electrons. The summed E-state index contributed by atoms with van der Waals surface area (Å²) < 4.78 is 38.9. The van der Waals surface area contributed by atoms with E-state index >= 15 is 0 Å². The summed E-state index contributed by atoms with van der Waals surface area (Å²) in [7, 11) is 2.13. The van der Waals surface area contributed by atoms with Crippen LogP contribution in [0.3, 0.4) is 0 Å². The lowest BCUT2D eigenvalue weighted by atomic mass is 9.73. The Labute approximate surface area is 171 Å². The third-order valence-electron chi connectivity index (χ3n) is 6.97. The molecule has 3 nitrogen and oxygen atoms in total. The van der Waals surface area contributed by atoms with Crippen molar-refractivity contribution >= 4 is 5.97 Å². The largest absolute Gasteiger partial charge is 0.481 e. The van der Waals surface area contributed by atoms with Crippen LogP contribution in [0.1, 0.15) is 68.9 Å². The molecule has 29 heavy (non-hydrogen) atoms. The molecular formula is C23H32F3NO2. The van der Waals surface area contributed by atoms with Crippen molar-refractivity contribution in [1.82, 2.24) is 4.90 Å². The predicted molar refractivity (Wildman–Crippen MR) is 107 cm³/mol. The molecule has 2 aliphatic rings. The van der Waals surface area contributed by atoms with Crippen LogP contribution in [0.5, 0.6) is 0 Å². The second-order valence-electron chi connectivity index (χ2n) is 9.29. The number of aliphatic carboxylic acids is 1. The number of carboxylic acids is 1. The maximum Gasteiger partial charge on any atom is 0.416 e. The molecule has 1 aromatic rings. The molecule has 0 radical (unpaired) electrons. The highest BCUT2D eigenvalue weighted by atomic mass is 19.4. The maximum atomic E-state index is 13.0. The molecule has 2 fully saturated rings. The highest BCUT2D eigenvalue weighted by molar-refractivity contribution is 5.67. The lowest BCUT2D eigenvalue weighted by Crippen LogP contribution is -2.43. The SMILES string of the molecule is C[C@H]1CC[C@@H](CN(C)[C@@H]2CC[C@@H](CC(=O)O)C[C@H]2c2ccc(C(F)(F)F)cc2)C1. The van der Waals surface area contributed by atoms with E-state index < -0.39 is 17.7 Å². The van der Waals surface area contributed by atoms with Gasteiger partial charge in [0, 0.05) is 19.0 Å². The van der Waals surface area contributed by atoms with Gasteiger partial charge in [-0.3, -0.25) is 4.79 Å². The Balaban J connectivity index is 1.77. The van der Waals surface area contributed by atoms with E-state index in [-0.39, 0.29) is 24.3 Å². The summed E-state index contributed by atoms with van der Waals surface area (Å²) >= 11 is 0. The van der Waals surface area contributed by atoms with Crippen molar-refractivity contribution in [3.8, 4) is 0 Å². The van der Waals surface area contributed by atoms with Crippen molar-refractivity contribution in [3.05, 3.63) is 35.4 Å². The first-order valence-corrected chi connectivity index (χ1v) is 10.7. The van der Waals surface area contributed by atoms with Crippen LogP contribution in [0.25, 0.3) is 0 Å². The second-order valence-corrected chi connectivity index (χ2v) is 9.29. The van der Waals surface area contributed by atoms with Crippen molar-refractivity contribution in [2.24, 2.45) is 17.8 Å². The van der Waals surface area contributed by atoms with Crippen LogP contribution in [-0.2, 0) is 11.0 Å². The van der Waals surface area contributed by atoms with Gasteiger partial charge in [-0.15, -0.1) is 0 Å². The van der Waals surface area contributed by atoms with Crippen molar-refractivity contribution < 1.29 is 23.1 Å². The first-order chi connectivity index (χ1) is 13.6. The molecular weight excluding hydrogens is 379 g/mol. The Morgan fingerprint density at radius 3 is 2.28 bits per heavy atom.